The lowest BCUT2D eigenvalue weighted by atomic mass is 9.69. The van der Waals surface area contributed by atoms with Crippen LogP contribution in [0, 0.1) is 11.8 Å². The molecular formula is C41H63ClN4O6S. The number of nitrogens with zero attached hydrogens (tertiary/aromatic N) is 3. The SMILES string of the molecule is CCCCC(OC)C1CCC1CN1CC(c2ccc(Cl)cc2CCC)COc2ccc(C(=O)NS(=O)(=O)C(C)C)cc21.CN1CCN2CCOCC2C1. The summed E-state index contributed by atoms with van der Waals surface area (Å²) >= 11 is 6.39. The van der Waals surface area contributed by atoms with Gasteiger partial charge in [-0.05, 0) is 99.9 Å². The van der Waals surface area contributed by atoms with E-state index >= 15 is 0 Å². The molecule has 6 rings (SSSR count). The van der Waals surface area contributed by atoms with E-state index in [1.165, 1.54) is 30.8 Å². The van der Waals surface area contributed by atoms with Gasteiger partial charge in [0.05, 0.1) is 36.9 Å². The van der Waals surface area contributed by atoms with Crippen LogP contribution in [0.5, 0.6) is 5.75 Å². The number of sulfonamides is 1. The molecule has 3 heterocycles. The van der Waals surface area contributed by atoms with Gasteiger partial charge in [-0.3, -0.25) is 9.69 Å². The molecule has 2 aromatic carbocycles. The van der Waals surface area contributed by atoms with E-state index in [-0.39, 0.29) is 12.0 Å². The van der Waals surface area contributed by atoms with E-state index in [0.717, 1.165) is 88.5 Å². The molecule has 3 aliphatic heterocycles. The van der Waals surface area contributed by atoms with Crippen LogP contribution in [0.15, 0.2) is 36.4 Å². The Morgan fingerprint density at radius 3 is 2.55 bits per heavy atom. The molecule has 1 amide bonds. The topological polar surface area (TPSA) is 101 Å². The third-order valence-electron chi connectivity index (χ3n) is 11.6. The van der Waals surface area contributed by atoms with Gasteiger partial charge < -0.3 is 24.0 Å². The number of benzene rings is 2. The number of likely N-dealkylation sites (N-methyl/N-ethyl adjacent to an activating group) is 1. The molecule has 1 N–H and O–H groups in total. The molecule has 5 unspecified atom stereocenters. The van der Waals surface area contributed by atoms with Crippen molar-refractivity contribution >= 4 is 33.2 Å². The number of unbranched alkanes of at least 4 members (excludes halogenated alkanes) is 1. The zero-order valence-corrected chi connectivity index (χ0v) is 34.4. The lowest BCUT2D eigenvalue weighted by Crippen LogP contribution is -2.56. The maximum atomic E-state index is 13.1. The van der Waals surface area contributed by atoms with E-state index in [1.807, 2.05) is 13.2 Å². The highest BCUT2D eigenvalue weighted by molar-refractivity contribution is 7.90. The molecule has 1 aliphatic carbocycles. The van der Waals surface area contributed by atoms with Crippen LogP contribution in [0.4, 0.5) is 5.69 Å². The van der Waals surface area contributed by atoms with Crippen molar-refractivity contribution in [3.8, 4) is 5.75 Å². The Bertz CT molecular complexity index is 1610. The number of hydrogen-bond donors (Lipinski definition) is 1. The third-order valence-corrected chi connectivity index (χ3v) is 13.5. The van der Waals surface area contributed by atoms with Crippen molar-refractivity contribution in [3.63, 3.8) is 0 Å². The van der Waals surface area contributed by atoms with Gasteiger partial charge in [0.2, 0.25) is 10.0 Å². The predicted octanol–water partition coefficient (Wildman–Crippen LogP) is 6.61. The molecule has 296 valence electrons. The zero-order chi connectivity index (χ0) is 38.1. The monoisotopic (exact) mass is 774 g/mol. The smallest absolute Gasteiger partial charge is 0.264 e. The van der Waals surface area contributed by atoms with E-state index in [9.17, 15) is 13.2 Å². The fourth-order valence-electron chi connectivity index (χ4n) is 8.17. The van der Waals surface area contributed by atoms with Gasteiger partial charge in [-0.15, -0.1) is 0 Å². The Morgan fingerprint density at radius 2 is 1.85 bits per heavy atom. The molecule has 4 aliphatic rings. The maximum Gasteiger partial charge on any atom is 0.264 e. The average Bonchev–Trinajstić information content (AvgIpc) is 3.31. The summed E-state index contributed by atoms with van der Waals surface area (Å²) in [7, 11) is 0.256. The van der Waals surface area contributed by atoms with Crippen LogP contribution < -0.4 is 14.4 Å². The molecule has 1 saturated carbocycles. The van der Waals surface area contributed by atoms with Crippen molar-refractivity contribution in [3.05, 3.63) is 58.1 Å². The summed E-state index contributed by atoms with van der Waals surface area (Å²) in [4.78, 5) is 20.4. The number of hydrogen-bond acceptors (Lipinski definition) is 9. The minimum absolute atomic E-state index is 0.103. The highest BCUT2D eigenvalue weighted by Crippen LogP contribution is 2.43. The Kier molecular flexibility index (Phi) is 15.3. The molecule has 10 nitrogen and oxygen atoms in total. The van der Waals surface area contributed by atoms with Crippen molar-refractivity contribution in [1.82, 2.24) is 14.5 Å². The summed E-state index contributed by atoms with van der Waals surface area (Å²) in [5, 5.41) is 0.0235. The first-order valence-electron chi connectivity index (χ1n) is 19.8. The number of ether oxygens (including phenoxy) is 3. The fraction of sp³-hybridized carbons (Fsp3) is 0.683. The Morgan fingerprint density at radius 1 is 1.04 bits per heavy atom. The van der Waals surface area contributed by atoms with Crippen molar-refractivity contribution in [2.24, 2.45) is 11.8 Å². The molecule has 3 fully saturated rings. The first-order valence-corrected chi connectivity index (χ1v) is 21.8. The summed E-state index contributed by atoms with van der Waals surface area (Å²) in [6, 6.07) is 12.1. The molecule has 2 saturated heterocycles. The summed E-state index contributed by atoms with van der Waals surface area (Å²) in [6.45, 7) is 16.1. The van der Waals surface area contributed by atoms with Crippen LogP contribution in [0.2, 0.25) is 5.02 Å². The number of carbonyl (C=O) groups excluding carboxylic acids is 1. The fourth-order valence-corrected chi connectivity index (χ4v) is 8.98. The number of nitrogens with one attached hydrogen (secondary N) is 1. The predicted molar refractivity (Wildman–Crippen MR) is 214 cm³/mol. The number of methoxy groups -OCH3 is 1. The van der Waals surface area contributed by atoms with E-state index < -0.39 is 21.2 Å². The van der Waals surface area contributed by atoms with Gasteiger partial charge in [0.1, 0.15) is 5.75 Å². The van der Waals surface area contributed by atoms with Crippen molar-refractivity contribution in [2.75, 3.05) is 78.1 Å². The Labute approximate surface area is 323 Å². The first-order chi connectivity index (χ1) is 25.4. The van der Waals surface area contributed by atoms with Gasteiger partial charge in [-0.25, -0.2) is 13.1 Å². The summed E-state index contributed by atoms with van der Waals surface area (Å²) in [5.41, 5.74) is 3.60. The van der Waals surface area contributed by atoms with Gasteiger partial charge in [0, 0.05) is 68.9 Å². The number of morpholine rings is 1. The second-order valence-corrected chi connectivity index (χ2v) is 18.3. The van der Waals surface area contributed by atoms with Crippen LogP contribution in [-0.4, -0.2) is 115 Å². The molecular weight excluding hydrogens is 712 g/mol. The van der Waals surface area contributed by atoms with Crippen molar-refractivity contribution in [2.45, 2.75) is 96.0 Å². The van der Waals surface area contributed by atoms with Gasteiger partial charge >= 0.3 is 0 Å². The largest absolute Gasteiger partial charge is 0.491 e. The molecule has 53 heavy (non-hydrogen) atoms. The minimum Gasteiger partial charge on any atom is -0.491 e. The second kappa shape index (κ2) is 19.4. The van der Waals surface area contributed by atoms with Crippen LogP contribution in [0.3, 0.4) is 0 Å². The van der Waals surface area contributed by atoms with Gasteiger partial charge in [0.15, 0.2) is 0 Å². The minimum atomic E-state index is -3.76. The van der Waals surface area contributed by atoms with E-state index in [1.54, 1.807) is 32.0 Å². The van der Waals surface area contributed by atoms with Crippen LogP contribution in [-0.2, 0) is 25.9 Å². The third kappa shape index (κ3) is 10.9. The lowest BCUT2D eigenvalue weighted by Gasteiger charge is -2.44. The first kappa shape index (κ1) is 41.7. The van der Waals surface area contributed by atoms with Gasteiger partial charge in [0.25, 0.3) is 5.91 Å². The number of anilines is 1. The Hall–Kier alpha value is -2.41. The Balaban J connectivity index is 0.000000416. The second-order valence-electron chi connectivity index (χ2n) is 15.7. The maximum absolute atomic E-state index is 13.1. The molecule has 0 aromatic heterocycles. The number of piperazine rings is 1. The van der Waals surface area contributed by atoms with Crippen molar-refractivity contribution < 1.29 is 27.4 Å². The summed E-state index contributed by atoms with van der Waals surface area (Å²) in [5.74, 6) is 1.12. The number of halogens is 1. The molecule has 0 spiro atoms. The molecule has 5 atom stereocenters. The van der Waals surface area contributed by atoms with Gasteiger partial charge in [-0.2, -0.15) is 0 Å². The summed E-state index contributed by atoms with van der Waals surface area (Å²) in [6.07, 6.45) is 7.84. The van der Waals surface area contributed by atoms with E-state index in [2.05, 4.69) is 52.4 Å². The highest BCUT2D eigenvalue weighted by Gasteiger charge is 2.39. The lowest BCUT2D eigenvalue weighted by molar-refractivity contribution is -0.0397. The van der Waals surface area contributed by atoms with E-state index in [4.69, 9.17) is 25.8 Å². The number of carbonyl (C=O) groups is 1. The average molecular weight is 775 g/mol. The standard InChI is InChI=1S/C33H47ClN2O5S.C8H16N2O/c1-6-8-10-31(40-5)29-14-11-25(29)19-36-20-26(28-15-13-27(34)17-23(28)9-7-2)21-41-32-16-12-24(18-30(32)36)33(37)35-42(38,39)22(3)4;1-9-2-3-10-4-5-11-7-8(10)6-9/h12-13,15-18,22,25-26,29,31H,6-11,14,19-21H2,1-5H3,(H,35,37);8H,2-7H2,1H3. The molecule has 12 heteroatoms. The van der Waals surface area contributed by atoms with Gasteiger partial charge in [-0.1, -0.05) is 50.8 Å². The molecule has 2 aromatic rings. The number of amides is 1. The highest BCUT2D eigenvalue weighted by atomic mass is 35.5. The molecule has 0 radical (unpaired) electrons. The normalized spacial score (nSPS) is 24.1. The quantitative estimate of drug-likeness (QED) is 0.241. The summed E-state index contributed by atoms with van der Waals surface area (Å²) < 4.78 is 44.9. The van der Waals surface area contributed by atoms with Crippen LogP contribution in [0.1, 0.15) is 93.6 Å². The molecule has 0 bridgehead atoms. The zero-order valence-electron chi connectivity index (χ0n) is 32.8. The number of rotatable bonds is 13. The number of fused-ring (bicyclic) bond motifs is 2. The van der Waals surface area contributed by atoms with Crippen LogP contribution >= 0.6 is 11.6 Å². The van der Waals surface area contributed by atoms with E-state index in [0.29, 0.717) is 35.8 Å². The number of aryl methyl sites for hydroxylation is 1. The van der Waals surface area contributed by atoms with Crippen LogP contribution in [0.25, 0.3) is 0 Å². The van der Waals surface area contributed by atoms with Crippen molar-refractivity contribution in [1.29, 1.82) is 0 Å².